The zero-order valence-electron chi connectivity index (χ0n) is 22.6. The van der Waals surface area contributed by atoms with Gasteiger partial charge in [-0.3, -0.25) is 4.79 Å². The number of rotatable bonds is 6. The van der Waals surface area contributed by atoms with Crippen molar-refractivity contribution in [1.82, 2.24) is 10.2 Å². The van der Waals surface area contributed by atoms with E-state index in [0.29, 0.717) is 11.6 Å². The van der Waals surface area contributed by atoms with Crippen LogP contribution in [-0.2, 0) is 14.6 Å². The zero-order valence-corrected chi connectivity index (χ0v) is 24.2. The van der Waals surface area contributed by atoms with E-state index in [1.54, 1.807) is 29.4 Å². The highest BCUT2D eigenvalue weighted by Gasteiger charge is 2.36. The van der Waals surface area contributed by atoms with Crippen LogP contribution in [0.1, 0.15) is 35.6 Å². The molecule has 1 unspecified atom stereocenters. The van der Waals surface area contributed by atoms with Crippen molar-refractivity contribution in [3.63, 3.8) is 0 Å². The number of aliphatic imine (C=N–C) groups is 1. The maximum atomic E-state index is 14.2. The number of hydrogen-bond donors (Lipinski definition) is 1. The number of amides is 1. The molecule has 0 saturated carbocycles. The van der Waals surface area contributed by atoms with Crippen LogP contribution in [0.25, 0.3) is 11.1 Å². The summed E-state index contributed by atoms with van der Waals surface area (Å²) in [5, 5.41) is 4.06. The van der Waals surface area contributed by atoms with Gasteiger partial charge in [0.05, 0.1) is 16.9 Å². The fourth-order valence-electron chi connectivity index (χ4n) is 5.46. The second-order valence-electron chi connectivity index (χ2n) is 10.6. The molecule has 5 rings (SSSR count). The normalized spacial score (nSPS) is 18.7. The Balaban J connectivity index is 1.63. The van der Waals surface area contributed by atoms with Gasteiger partial charge in [0.15, 0.2) is 9.84 Å². The van der Waals surface area contributed by atoms with Crippen LogP contribution in [0.15, 0.2) is 64.5 Å². The molecule has 1 saturated heterocycles. The van der Waals surface area contributed by atoms with Gasteiger partial charge in [0, 0.05) is 42.2 Å². The summed E-state index contributed by atoms with van der Waals surface area (Å²) < 4.78 is 24.5. The van der Waals surface area contributed by atoms with Crippen LogP contribution in [-0.4, -0.2) is 58.0 Å². The molecule has 0 spiro atoms. The van der Waals surface area contributed by atoms with Crippen LogP contribution >= 0.6 is 11.6 Å². The summed E-state index contributed by atoms with van der Waals surface area (Å²) in [5.74, 6) is -0.0478. The predicted molar refractivity (Wildman–Crippen MR) is 158 cm³/mol. The molecule has 2 aliphatic heterocycles. The fourth-order valence-corrected chi connectivity index (χ4v) is 6.41. The molecule has 0 aromatic heterocycles. The highest BCUT2D eigenvalue weighted by atomic mass is 35.5. The average Bonchev–Trinajstić information content (AvgIpc) is 3.39. The van der Waals surface area contributed by atoms with E-state index in [1.807, 2.05) is 62.2 Å². The number of halogens is 1. The van der Waals surface area contributed by atoms with Crippen LogP contribution in [0, 0.1) is 13.8 Å². The van der Waals surface area contributed by atoms with Gasteiger partial charge in [-0.2, -0.15) is 0 Å². The smallest absolute Gasteiger partial charge is 0.250 e. The SMILES string of the molecule is Cc1cc(Cl)cc(N2C=Nc3cc(C)c(-c4cccc(S(C)(=O)=O)c4)cc3C2C(=O)N(C)C[C@@H]2CCCN2)c1. The minimum atomic E-state index is -3.37. The van der Waals surface area contributed by atoms with Gasteiger partial charge in [-0.15, -0.1) is 0 Å². The Morgan fingerprint density at radius 1 is 1.15 bits per heavy atom. The monoisotopic (exact) mass is 564 g/mol. The van der Waals surface area contributed by atoms with Crippen LogP contribution < -0.4 is 10.2 Å². The van der Waals surface area contributed by atoms with Crippen LogP contribution in [0.5, 0.6) is 0 Å². The van der Waals surface area contributed by atoms with E-state index >= 15 is 0 Å². The van der Waals surface area contributed by atoms with Crippen molar-refractivity contribution >= 4 is 45.1 Å². The Hall–Kier alpha value is -3.20. The lowest BCUT2D eigenvalue weighted by molar-refractivity contribution is -0.131. The van der Waals surface area contributed by atoms with Gasteiger partial charge in [-0.25, -0.2) is 13.4 Å². The molecule has 1 N–H and O–H groups in total. The summed E-state index contributed by atoms with van der Waals surface area (Å²) in [4.78, 5) is 22.9. The molecule has 2 heterocycles. The number of nitrogens with zero attached hydrogens (tertiary/aromatic N) is 3. The van der Waals surface area contributed by atoms with Gasteiger partial charge in [0.1, 0.15) is 6.04 Å². The van der Waals surface area contributed by atoms with E-state index in [1.165, 1.54) is 6.26 Å². The van der Waals surface area contributed by atoms with E-state index in [-0.39, 0.29) is 16.8 Å². The van der Waals surface area contributed by atoms with Gasteiger partial charge < -0.3 is 15.1 Å². The molecule has 0 radical (unpaired) electrons. The summed E-state index contributed by atoms with van der Waals surface area (Å²) in [5.41, 5.74) is 5.81. The van der Waals surface area contributed by atoms with Gasteiger partial charge in [-0.05, 0) is 98.0 Å². The maximum Gasteiger partial charge on any atom is 0.250 e. The Kier molecular flexibility index (Phi) is 7.55. The summed E-state index contributed by atoms with van der Waals surface area (Å²) in [6.45, 7) is 5.52. The first kappa shape index (κ1) is 27.4. The van der Waals surface area contributed by atoms with Crippen molar-refractivity contribution < 1.29 is 13.2 Å². The molecule has 3 aromatic rings. The van der Waals surface area contributed by atoms with Crippen molar-refractivity contribution in [2.75, 3.05) is 31.3 Å². The largest absolute Gasteiger partial charge is 0.342 e. The number of nitrogens with one attached hydrogen (secondary N) is 1. The molecule has 9 heteroatoms. The number of fused-ring (bicyclic) bond motifs is 1. The molecule has 0 aliphatic carbocycles. The van der Waals surface area contributed by atoms with Crippen LogP contribution in [0.3, 0.4) is 0 Å². The van der Waals surface area contributed by atoms with E-state index in [0.717, 1.165) is 58.6 Å². The number of benzene rings is 3. The third-order valence-corrected chi connectivity index (χ3v) is 8.76. The lowest BCUT2D eigenvalue weighted by Crippen LogP contribution is -2.46. The highest BCUT2D eigenvalue weighted by molar-refractivity contribution is 7.90. The minimum absolute atomic E-state index is 0.0478. The van der Waals surface area contributed by atoms with E-state index in [2.05, 4.69) is 5.32 Å². The number of carbonyl (C=O) groups is 1. The van der Waals surface area contributed by atoms with Gasteiger partial charge in [0.25, 0.3) is 0 Å². The molecule has 39 heavy (non-hydrogen) atoms. The lowest BCUT2D eigenvalue weighted by Gasteiger charge is -2.36. The van der Waals surface area contributed by atoms with Crippen molar-refractivity contribution in [3.05, 3.63) is 76.3 Å². The molecular weight excluding hydrogens is 532 g/mol. The molecular formula is C30H33ClN4O3S. The van der Waals surface area contributed by atoms with Crippen molar-refractivity contribution in [3.8, 4) is 11.1 Å². The van der Waals surface area contributed by atoms with Crippen molar-refractivity contribution in [2.24, 2.45) is 4.99 Å². The Labute approximate surface area is 235 Å². The maximum absolute atomic E-state index is 14.2. The van der Waals surface area contributed by atoms with Crippen LogP contribution in [0.2, 0.25) is 5.02 Å². The summed E-state index contributed by atoms with van der Waals surface area (Å²) in [6, 6.07) is 16.2. The summed E-state index contributed by atoms with van der Waals surface area (Å²) in [7, 11) is -1.53. The summed E-state index contributed by atoms with van der Waals surface area (Å²) >= 11 is 6.43. The van der Waals surface area contributed by atoms with Gasteiger partial charge >= 0.3 is 0 Å². The molecule has 0 bridgehead atoms. The minimum Gasteiger partial charge on any atom is -0.342 e. The molecule has 1 amide bonds. The third kappa shape index (κ3) is 5.73. The van der Waals surface area contributed by atoms with Crippen LogP contribution in [0.4, 0.5) is 11.4 Å². The van der Waals surface area contributed by atoms with E-state index in [9.17, 15) is 13.2 Å². The number of aryl methyl sites for hydroxylation is 2. The van der Waals surface area contributed by atoms with Crippen molar-refractivity contribution in [2.45, 2.75) is 43.7 Å². The lowest BCUT2D eigenvalue weighted by atomic mass is 9.91. The van der Waals surface area contributed by atoms with Crippen molar-refractivity contribution in [1.29, 1.82) is 0 Å². The fraction of sp³-hybridized carbons (Fsp3) is 0.333. The Morgan fingerprint density at radius 2 is 1.95 bits per heavy atom. The second-order valence-corrected chi connectivity index (χ2v) is 13.0. The van der Waals surface area contributed by atoms with Gasteiger partial charge in [0.2, 0.25) is 5.91 Å². The zero-order chi connectivity index (χ0) is 27.9. The molecule has 2 atom stereocenters. The summed E-state index contributed by atoms with van der Waals surface area (Å²) in [6.07, 6.45) is 5.06. The number of carbonyl (C=O) groups excluding carboxylic acids is 1. The molecule has 7 nitrogen and oxygen atoms in total. The standard InChI is InChI=1S/C30H33ClN4O3S/c1-19-11-22(31)15-24(12-19)35-18-33-28-13-20(2)26(21-7-5-9-25(14-21)39(4,37)38)16-27(28)29(35)30(36)34(3)17-23-8-6-10-32-23/h5,7,9,11-16,18,23,29,32H,6,8,10,17H2,1-4H3/t23-,29?/m0/s1. The third-order valence-electron chi connectivity index (χ3n) is 7.43. The molecule has 2 aliphatic rings. The number of sulfone groups is 1. The van der Waals surface area contributed by atoms with Gasteiger partial charge in [-0.1, -0.05) is 23.7 Å². The Morgan fingerprint density at radius 3 is 2.64 bits per heavy atom. The first-order chi connectivity index (χ1) is 18.5. The number of anilines is 1. The van der Waals surface area contributed by atoms with E-state index in [4.69, 9.17) is 16.6 Å². The first-order valence-electron chi connectivity index (χ1n) is 13.0. The molecule has 1 fully saturated rings. The first-order valence-corrected chi connectivity index (χ1v) is 15.3. The highest BCUT2D eigenvalue weighted by Crippen LogP contribution is 2.41. The number of likely N-dealkylation sites (N-methyl/N-ethyl adjacent to an activating group) is 1. The topological polar surface area (TPSA) is 82.1 Å². The average molecular weight is 565 g/mol. The van der Waals surface area contributed by atoms with E-state index < -0.39 is 15.9 Å². The predicted octanol–water partition coefficient (Wildman–Crippen LogP) is 5.46. The Bertz CT molecular complexity index is 1540. The number of hydrogen-bond acceptors (Lipinski definition) is 6. The molecule has 3 aromatic carbocycles. The second kappa shape index (κ2) is 10.8. The quantitative estimate of drug-likeness (QED) is 0.430. The molecule has 204 valence electrons.